The van der Waals surface area contributed by atoms with Gasteiger partial charge >= 0.3 is 0 Å². The predicted molar refractivity (Wildman–Crippen MR) is 69.1 cm³/mol. The molecule has 1 atom stereocenters. The third-order valence-electron chi connectivity index (χ3n) is 3.95. The van der Waals surface area contributed by atoms with Crippen molar-refractivity contribution in [2.24, 2.45) is 11.3 Å². The fraction of sp³-hybridized carbons (Fsp3) is 0.643. The van der Waals surface area contributed by atoms with Gasteiger partial charge in [-0.05, 0) is 36.6 Å². The van der Waals surface area contributed by atoms with Crippen molar-refractivity contribution < 1.29 is 4.79 Å². The van der Waals surface area contributed by atoms with E-state index in [1.807, 2.05) is 18.4 Å². The molecular formula is C14H20OS. The molecule has 1 saturated carbocycles. The first-order valence-corrected chi connectivity index (χ1v) is 6.98. The van der Waals surface area contributed by atoms with Crippen LogP contribution in [0.3, 0.4) is 0 Å². The Balaban J connectivity index is 2.24. The van der Waals surface area contributed by atoms with Crippen LogP contribution in [0.25, 0.3) is 0 Å². The number of thiophene rings is 1. The number of carbonyl (C=O) groups is 1. The molecule has 1 fully saturated rings. The van der Waals surface area contributed by atoms with Crippen LogP contribution >= 0.6 is 11.3 Å². The highest BCUT2D eigenvalue weighted by Gasteiger charge is 2.37. The van der Waals surface area contributed by atoms with Crippen LogP contribution in [0.2, 0.25) is 0 Å². The summed E-state index contributed by atoms with van der Waals surface area (Å²) in [7, 11) is 0. The monoisotopic (exact) mass is 236 g/mol. The molecule has 0 radical (unpaired) electrons. The van der Waals surface area contributed by atoms with E-state index >= 15 is 0 Å². The van der Waals surface area contributed by atoms with Crippen molar-refractivity contribution in [3.63, 3.8) is 0 Å². The summed E-state index contributed by atoms with van der Waals surface area (Å²) in [6, 6.07) is 1.99. The lowest BCUT2D eigenvalue weighted by atomic mass is 9.66. The van der Waals surface area contributed by atoms with Crippen LogP contribution in [0, 0.1) is 18.3 Å². The molecule has 0 spiro atoms. The standard InChI is InChI=1S/C14H20OS/c1-10-11(7-9-16-10)13(15)12-6-4-5-8-14(12,2)3/h7,9,12H,4-6,8H2,1-3H3. The minimum absolute atomic E-state index is 0.184. The Morgan fingerprint density at radius 2 is 2.19 bits per heavy atom. The van der Waals surface area contributed by atoms with Gasteiger partial charge in [0.2, 0.25) is 0 Å². The molecule has 2 rings (SSSR count). The SMILES string of the molecule is Cc1sccc1C(=O)C1CCCCC1(C)C. The first-order chi connectivity index (χ1) is 7.52. The molecule has 16 heavy (non-hydrogen) atoms. The molecule has 1 aliphatic rings. The van der Waals surface area contributed by atoms with Crippen molar-refractivity contribution in [2.45, 2.75) is 46.5 Å². The van der Waals surface area contributed by atoms with Crippen LogP contribution in [0.1, 0.15) is 54.8 Å². The lowest BCUT2D eigenvalue weighted by Crippen LogP contribution is -2.34. The summed E-state index contributed by atoms with van der Waals surface area (Å²) in [5.74, 6) is 0.609. The average molecular weight is 236 g/mol. The Morgan fingerprint density at radius 1 is 1.44 bits per heavy atom. The average Bonchev–Trinajstić information content (AvgIpc) is 2.63. The molecule has 1 aromatic rings. The van der Waals surface area contributed by atoms with Crippen LogP contribution in [-0.2, 0) is 0 Å². The molecule has 1 nitrogen and oxygen atoms in total. The molecule has 0 saturated heterocycles. The molecule has 1 unspecified atom stereocenters. The lowest BCUT2D eigenvalue weighted by molar-refractivity contribution is 0.0697. The normalized spacial score (nSPS) is 24.3. The Hall–Kier alpha value is -0.630. The molecule has 1 heterocycles. The van der Waals surface area contributed by atoms with Crippen LogP contribution in [0.4, 0.5) is 0 Å². The van der Waals surface area contributed by atoms with Gasteiger partial charge in [0.05, 0.1) is 0 Å². The molecule has 2 heteroatoms. The van der Waals surface area contributed by atoms with E-state index in [0.717, 1.165) is 12.0 Å². The molecule has 0 bridgehead atoms. The highest BCUT2D eigenvalue weighted by atomic mass is 32.1. The van der Waals surface area contributed by atoms with Gasteiger partial charge in [-0.25, -0.2) is 0 Å². The highest BCUT2D eigenvalue weighted by Crippen LogP contribution is 2.42. The molecule has 1 aliphatic carbocycles. The molecule has 0 aliphatic heterocycles. The van der Waals surface area contributed by atoms with Gasteiger partial charge in [-0.2, -0.15) is 0 Å². The molecule has 0 amide bonds. The summed E-state index contributed by atoms with van der Waals surface area (Å²) in [5.41, 5.74) is 1.15. The van der Waals surface area contributed by atoms with Crippen molar-refractivity contribution in [3.8, 4) is 0 Å². The number of ketones is 1. The van der Waals surface area contributed by atoms with Gasteiger partial charge in [0, 0.05) is 16.4 Å². The van der Waals surface area contributed by atoms with E-state index in [1.165, 1.54) is 24.1 Å². The number of aryl methyl sites for hydroxylation is 1. The van der Waals surface area contributed by atoms with Gasteiger partial charge in [-0.1, -0.05) is 26.7 Å². The Bertz CT molecular complexity index is 389. The van der Waals surface area contributed by atoms with E-state index in [1.54, 1.807) is 11.3 Å². The van der Waals surface area contributed by atoms with E-state index in [9.17, 15) is 4.79 Å². The lowest BCUT2D eigenvalue weighted by Gasteiger charge is -2.37. The van der Waals surface area contributed by atoms with Crippen molar-refractivity contribution in [1.82, 2.24) is 0 Å². The van der Waals surface area contributed by atoms with Gasteiger partial charge in [-0.15, -0.1) is 11.3 Å². The van der Waals surface area contributed by atoms with Crippen molar-refractivity contribution >= 4 is 17.1 Å². The van der Waals surface area contributed by atoms with E-state index in [-0.39, 0.29) is 11.3 Å². The van der Waals surface area contributed by atoms with Gasteiger partial charge in [-0.3, -0.25) is 4.79 Å². The van der Waals surface area contributed by atoms with Crippen molar-refractivity contribution in [1.29, 1.82) is 0 Å². The number of hydrogen-bond acceptors (Lipinski definition) is 2. The maximum absolute atomic E-state index is 12.5. The Labute approximate surface area is 102 Å². The third kappa shape index (κ3) is 2.08. The van der Waals surface area contributed by atoms with E-state index < -0.39 is 0 Å². The van der Waals surface area contributed by atoms with Crippen LogP contribution < -0.4 is 0 Å². The molecular weight excluding hydrogens is 216 g/mol. The first kappa shape index (κ1) is 11.8. The number of Topliss-reactive ketones (excluding diaryl/α,β-unsaturated/α-hetero) is 1. The minimum Gasteiger partial charge on any atom is -0.294 e. The smallest absolute Gasteiger partial charge is 0.167 e. The molecule has 1 aromatic heterocycles. The maximum Gasteiger partial charge on any atom is 0.167 e. The zero-order chi connectivity index (χ0) is 11.8. The first-order valence-electron chi connectivity index (χ1n) is 6.11. The maximum atomic E-state index is 12.5. The van der Waals surface area contributed by atoms with E-state index in [0.29, 0.717) is 5.78 Å². The second-order valence-electron chi connectivity index (χ2n) is 5.54. The predicted octanol–water partition coefficient (Wildman–Crippen LogP) is 4.46. The van der Waals surface area contributed by atoms with Crippen LogP contribution in [-0.4, -0.2) is 5.78 Å². The fourth-order valence-electron chi connectivity index (χ4n) is 2.81. The second kappa shape index (κ2) is 4.33. The fourth-order valence-corrected chi connectivity index (χ4v) is 3.51. The van der Waals surface area contributed by atoms with E-state index in [2.05, 4.69) is 13.8 Å². The summed E-state index contributed by atoms with van der Waals surface area (Å²) >= 11 is 1.68. The van der Waals surface area contributed by atoms with Crippen molar-refractivity contribution in [2.75, 3.05) is 0 Å². The highest BCUT2D eigenvalue weighted by molar-refractivity contribution is 7.10. The summed E-state index contributed by atoms with van der Waals surface area (Å²) in [4.78, 5) is 13.7. The van der Waals surface area contributed by atoms with Crippen LogP contribution in [0.15, 0.2) is 11.4 Å². The van der Waals surface area contributed by atoms with Crippen LogP contribution in [0.5, 0.6) is 0 Å². The number of hydrogen-bond donors (Lipinski definition) is 0. The zero-order valence-electron chi connectivity index (χ0n) is 10.4. The van der Waals surface area contributed by atoms with Gasteiger partial charge < -0.3 is 0 Å². The summed E-state index contributed by atoms with van der Waals surface area (Å²) in [5, 5.41) is 2.03. The van der Waals surface area contributed by atoms with Gasteiger partial charge in [0.15, 0.2) is 5.78 Å². The molecule has 88 valence electrons. The second-order valence-corrected chi connectivity index (χ2v) is 6.66. The Kier molecular flexibility index (Phi) is 3.20. The third-order valence-corrected chi connectivity index (χ3v) is 4.79. The number of rotatable bonds is 2. The Morgan fingerprint density at radius 3 is 2.75 bits per heavy atom. The quantitative estimate of drug-likeness (QED) is 0.693. The minimum atomic E-state index is 0.184. The summed E-state index contributed by atoms with van der Waals surface area (Å²) in [6.07, 6.45) is 4.75. The summed E-state index contributed by atoms with van der Waals surface area (Å²) in [6.45, 7) is 6.54. The number of carbonyl (C=O) groups excluding carboxylic acids is 1. The molecule has 0 N–H and O–H groups in total. The zero-order valence-corrected chi connectivity index (χ0v) is 11.2. The summed E-state index contributed by atoms with van der Waals surface area (Å²) < 4.78 is 0. The van der Waals surface area contributed by atoms with E-state index in [4.69, 9.17) is 0 Å². The molecule has 0 aromatic carbocycles. The topological polar surface area (TPSA) is 17.1 Å². The van der Waals surface area contributed by atoms with Gasteiger partial charge in [0.25, 0.3) is 0 Å². The largest absolute Gasteiger partial charge is 0.294 e. The van der Waals surface area contributed by atoms with Crippen molar-refractivity contribution in [3.05, 3.63) is 21.9 Å². The van der Waals surface area contributed by atoms with Gasteiger partial charge in [0.1, 0.15) is 0 Å².